The molecular weight excluding hydrogens is 286 g/mol. The largest absolute Gasteiger partial charge is 0.308 e. The number of hydrogen-bond donors (Lipinski definition) is 0. The minimum Gasteiger partial charge on any atom is -0.308 e. The second kappa shape index (κ2) is 7.90. The highest BCUT2D eigenvalue weighted by atomic mass is 35.5. The van der Waals surface area contributed by atoms with Crippen LogP contribution in [0.15, 0.2) is 24.3 Å². The molecule has 0 amide bonds. The first-order valence-electron chi connectivity index (χ1n) is 7.43. The maximum atomic E-state index is 12.3. The van der Waals surface area contributed by atoms with Gasteiger partial charge in [0.05, 0.1) is 11.6 Å². The highest BCUT2D eigenvalue weighted by molar-refractivity contribution is 6.34. The van der Waals surface area contributed by atoms with Crippen molar-refractivity contribution >= 4 is 17.4 Å². The number of halogens is 1. The lowest BCUT2D eigenvalue weighted by Crippen LogP contribution is -2.49. The normalized spacial score (nSPS) is 17.3. The molecule has 0 atom stereocenters. The van der Waals surface area contributed by atoms with Crippen LogP contribution in [0.4, 0.5) is 0 Å². The van der Waals surface area contributed by atoms with Gasteiger partial charge in [-0.25, -0.2) is 0 Å². The third kappa shape index (κ3) is 5.08. The maximum absolute atomic E-state index is 12.3. The van der Waals surface area contributed by atoms with E-state index in [4.69, 9.17) is 11.6 Å². The van der Waals surface area contributed by atoms with E-state index < -0.39 is 0 Å². The summed E-state index contributed by atoms with van der Waals surface area (Å²) in [7, 11) is 4.19. The number of benzene rings is 1. The first-order valence-corrected chi connectivity index (χ1v) is 7.81. The fourth-order valence-corrected chi connectivity index (χ4v) is 2.73. The molecule has 0 spiro atoms. The van der Waals surface area contributed by atoms with Crippen LogP contribution < -0.4 is 0 Å². The van der Waals surface area contributed by atoms with E-state index in [-0.39, 0.29) is 5.78 Å². The Morgan fingerprint density at radius 1 is 1.14 bits per heavy atom. The molecule has 0 radical (unpaired) electrons. The number of Topliss-reactive ketones (excluding diaryl/α,β-unsaturated/α-hetero) is 1. The molecule has 1 aromatic carbocycles. The Labute approximate surface area is 132 Å². The van der Waals surface area contributed by atoms with Crippen LogP contribution in [-0.4, -0.2) is 80.4 Å². The third-order valence-corrected chi connectivity index (χ3v) is 4.20. The van der Waals surface area contributed by atoms with E-state index in [1.165, 1.54) is 0 Å². The number of piperazine rings is 1. The van der Waals surface area contributed by atoms with Crippen molar-refractivity contribution in [3.05, 3.63) is 34.9 Å². The second-order valence-corrected chi connectivity index (χ2v) is 6.23. The van der Waals surface area contributed by atoms with Gasteiger partial charge in [-0.3, -0.25) is 14.6 Å². The Bertz CT molecular complexity index is 470. The van der Waals surface area contributed by atoms with Crippen LogP contribution in [0.5, 0.6) is 0 Å². The standard InChI is InChI=1S/C16H24ClN3O/c1-18(2)7-8-19-9-11-20(12-10-19)13-16(21)14-5-3-4-6-15(14)17/h3-6H,7-13H2,1-2H3. The zero-order chi connectivity index (χ0) is 15.2. The molecule has 1 fully saturated rings. The number of carbonyl (C=O) groups excluding carboxylic acids is 1. The average molecular weight is 310 g/mol. The number of hydrogen-bond acceptors (Lipinski definition) is 4. The summed E-state index contributed by atoms with van der Waals surface area (Å²) in [5.41, 5.74) is 0.634. The Morgan fingerprint density at radius 2 is 1.76 bits per heavy atom. The number of likely N-dealkylation sites (N-methyl/N-ethyl adjacent to an activating group) is 1. The van der Waals surface area contributed by atoms with Gasteiger partial charge >= 0.3 is 0 Å². The number of rotatable bonds is 6. The van der Waals surface area contributed by atoms with Crippen LogP contribution in [0, 0.1) is 0 Å². The number of carbonyl (C=O) groups is 1. The van der Waals surface area contributed by atoms with Crippen LogP contribution in [-0.2, 0) is 0 Å². The second-order valence-electron chi connectivity index (χ2n) is 5.82. The van der Waals surface area contributed by atoms with Crippen molar-refractivity contribution in [3.8, 4) is 0 Å². The maximum Gasteiger partial charge on any atom is 0.178 e. The van der Waals surface area contributed by atoms with Crippen LogP contribution in [0.2, 0.25) is 5.02 Å². The van der Waals surface area contributed by atoms with Gasteiger partial charge in [0.15, 0.2) is 5.78 Å². The lowest BCUT2D eigenvalue weighted by atomic mass is 10.1. The summed E-state index contributed by atoms with van der Waals surface area (Å²) in [5.74, 6) is 0.113. The van der Waals surface area contributed by atoms with Gasteiger partial charge in [0.1, 0.15) is 0 Å². The molecule has 0 aliphatic carbocycles. The summed E-state index contributed by atoms with van der Waals surface area (Å²) in [6.45, 7) is 6.60. The van der Waals surface area contributed by atoms with Gasteiger partial charge in [0, 0.05) is 44.8 Å². The molecule has 1 heterocycles. The first kappa shape index (κ1) is 16.4. The lowest BCUT2D eigenvalue weighted by molar-refractivity contribution is 0.0844. The molecule has 1 aliphatic heterocycles. The molecule has 4 nitrogen and oxygen atoms in total. The van der Waals surface area contributed by atoms with Crippen LogP contribution >= 0.6 is 11.6 Å². The smallest absolute Gasteiger partial charge is 0.178 e. The fraction of sp³-hybridized carbons (Fsp3) is 0.562. The van der Waals surface area contributed by atoms with Crippen molar-refractivity contribution in [1.29, 1.82) is 0 Å². The summed E-state index contributed by atoms with van der Waals surface area (Å²) in [4.78, 5) is 19.2. The Kier molecular flexibility index (Phi) is 6.18. The SMILES string of the molecule is CN(C)CCN1CCN(CC(=O)c2ccccc2Cl)CC1. The molecule has 116 valence electrons. The molecule has 0 saturated carbocycles. The number of nitrogens with zero attached hydrogens (tertiary/aromatic N) is 3. The van der Waals surface area contributed by atoms with Crippen LogP contribution in [0.1, 0.15) is 10.4 Å². The molecule has 21 heavy (non-hydrogen) atoms. The van der Waals surface area contributed by atoms with E-state index >= 15 is 0 Å². The summed E-state index contributed by atoms with van der Waals surface area (Å²) >= 11 is 6.08. The predicted molar refractivity (Wildman–Crippen MR) is 87.2 cm³/mol. The van der Waals surface area contributed by atoms with Crippen molar-refractivity contribution in [2.75, 3.05) is 59.9 Å². The monoisotopic (exact) mass is 309 g/mol. The molecule has 5 heteroatoms. The van der Waals surface area contributed by atoms with E-state index in [0.29, 0.717) is 17.1 Å². The Morgan fingerprint density at radius 3 is 2.38 bits per heavy atom. The van der Waals surface area contributed by atoms with Gasteiger partial charge in [-0.05, 0) is 26.2 Å². The summed E-state index contributed by atoms with van der Waals surface area (Å²) in [6, 6.07) is 7.28. The zero-order valence-electron chi connectivity index (χ0n) is 12.9. The molecule has 0 aromatic heterocycles. The van der Waals surface area contributed by atoms with Crippen molar-refractivity contribution in [2.45, 2.75) is 0 Å². The van der Waals surface area contributed by atoms with Crippen molar-refractivity contribution < 1.29 is 4.79 Å². The molecule has 1 saturated heterocycles. The zero-order valence-corrected chi connectivity index (χ0v) is 13.6. The average Bonchev–Trinajstić information content (AvgIpc) is 2.47. The van der Waals surface area contributed by atoms with Crippen LogP contribution in [0.25, 0.3) is 0 Å². The van der Waals surface area contributed by atoms with Crippen LogP contribution in [0.3, 0.4) is 0 Å². The summed E-state index contributed by atoms with van der Waals surface area (Å²) in [5, 5.41) is 0.548. The van der Waals surface area contributed by atoms with E-state index in [2.05, 4.69) is 28.8 Å². The topological polar surface area (TPSA) is 26.8 Å². The quantitative estimate of drug-likeness (QED) is 0.747. The minimum atomic E-state index is 0.113. The van der Waals surface area contributed by atoms with Crippen molar-refractivity contribution in [2.24, 2.45) is 0 Å². The fourth-order valence-electron chi connectivity index (χ4n) is 2.49. The predicted octanol–water partition coefficient (Wildman–Crippen LogP) is 1.70. The lowest BCUT2D eigenvalue weighted by Gasteiger charge is -2.34. The van der Waals surface area contributed by atoms with Gasteiger partial charge in [0.25, 0.3) is 0 Å². The summed E-state index contributed by atoms with van der Waals surface area (Å²) in [6.07, 6.45) is 0. The molecule has 2 rings (SSSR count). The highest BCUT2D eigenvalue weighted by Crippen LogP contribution is 2.16. The first-order chi connectivity index (χ1) is 10.1. The van der Waals surface area contributed by atoms with Gasteiger partial charge in [0.2, 0.25) is 0 Å². The molecule has 0 unspecified atom stereocenters. The molecule has 1 aliphatic rings. The number of ketones is 1. The Balaban J connectivity index is 1.78. The van der Waals surface area contributed by atoms with Crippen molar-refractivity contribution in [1.82, 2.24) is 14.7 Å². The van der Waals surface area contributed by atoms with E-state index in [1.807, 2.05) is 12.1 Å². The van der Waals surface area contributed by atoms with Gasteiger partial charge < -0.3 is 4.90 Å². The van der Waals surface area contributed by atoms with E-state index in [0.717, 1.165) is 39.3 Å². The molecular formula is C16H24ClN3O. The van der Waals surface area contributed by atoms with Gasteiger partial charge in [-0.15, -0.1) is 0 Å². The van der Waals surface area contributed by atoms with E-state index in [9.17, 15) is 4.79 Å². The van der Waals surface area contributed by atoms with Crippen molar-refractivity contribution in [3.63, 3.8) is 0 Å². The minimum absolute atomic E-state index is 0.113. The van der Waals surface area contributed by atoms with Gasteiger partial charge in [-0.1, -0.05) is 23.7 Å². The van der Waals surface area contributed by atoms with E-state index in [1.54, 1.807) is 12.1 Å². The molecule has 0 N–H and O–H groups in total. The Hall–Kier alpha value is -0.940. The summed E-state index contributed by atoms with van der Waals surface area (Å²) < 4.78 is 0. The third-order valence-electron chi connectivity index (χ3n) is 3.87. The molecule has 0 bridgehead atoms. The van der Waals surface area contributed by atoms with Gasteiger partial charge in [-0.2, -0.15) is 0 Å². The highest BCUT2D eigenvalue weighted by Gasteiger charge is 2.20. The molecule has 1 aromatic rings.